The number of ether oxygens (including phenoxy) is 1. The molecule has 0 spiro atoms. The van der Waals surface area contributed by atoms with Gasteiger partial charge in [-0.3, -0.25) is 20.2 Å². The monoisotopic (exact) mass is 366 g/mol. The van der Waals surface area contributed by atoms with Crippen molar-refractivity contribution in [1.82, 2.24) is 0 Å². The molecule has 0 saturated carbocycles. The Kier molecular flexibility index (Phi) is 4.80. The largest absolute Gasteiger partial charge is 0.454 e. The average Bonchev–Trinajstić information content (AvgIpc) is 2.67. The van der Waals surface area contributed by atoms with Gasteiger partial charge in [-0.15, -0.1) is 0 Å². The van der Waals surface area contributed by atoms with Crippen molar-refractivity contribution >= 4 is 28.1 Å². The molecule has 136 valence electrons. The van der Waals surface area contributed by atoms with Gasteiger partial charge in [0, 0.05) is 12.1 Å². The second kappa shape index (κ2) is 7.20. The summed E-state index contributed by atoms with van der Waals surface area (Å²) in [5, 5.41) is 23.9. The third kappa shape index (κ3) is 3.90. The van der Waals surface area contributed by atoms with Gasteiger partial charge >= 0.3 is 5.97 Å². The summed E-state index contributed by atoms with van der Waals surface area (Å²) in [6.45, 7) is 1.66. The Hall–Kier alpha value is -3.81. The van der Waals surface area contributed by atoms with Crippen LogP contribution in [-0.4, -0.2) is 15.8 Å². The SMILES string of the molecule is CC(OC(=O)c1cc([N+](=O)[O-])cc([N+](=O)[O-])c1)c1ccc2ccccc2c1. The normalized spacial score (nSPS) is 11.7. The van der Waals surface area contributed by atoms with Crippen molar-refractivity contribution in [2.24, 2.45) is 0 Å². The Labute approximate surface area is 153 Å². The van der Waals surface area contributed by atoms with Crippen molar-refractivity contribution in [2.45, 2.75) is 13.0 Å². The van der Waals surface area contributed by atoms with Gasteiger partial charge in [-0.05, 0) is 29.3 Å². The average molecular weight is 366 g/mol. The molecule has 0 fully saturated rings. The van der Waals surface area contributed by atoms with Crippen LogP contribution in [0.25, 0.3) is 10.8 Å². The lowest BCUT2D eigenvalue weighted by atomic mass is 10.0. The highest BCUT2D eigenvalue weighted by molar-refractivity contribution is 5.91. The van der Waals surface area contributed by atoms with Crippen LogP contribution in [0.3, 0.4) is 0 Å². The van der Waals surface area contributed by atoms with Gasteiger partial charge in [0.2, 0.25) is 0 Å². The highest BCUT2D eigenvalue weighted by Gasteiger charge is 2.22. The summed E-state index contributed by atoms with van der Waals surface area (Å²) in [5.74, 6) is -0.873. The van der Waals surface area contributed by atoms with E-state index in [-0.39, 0.29) is 5.56 Å². The Morgan fingerprint density at radius 2 is 1.48 bits per heavy atom. The molecule has 0 aliphatic heterocycles. The van der Waals surface area contributed by atoms with E-state index in [0.29, 0.717) is 0 Å². The van der Waals surface area contributed by atoms with Crippen molar-refractivity contribution in [3.05, 3.63) is 92.0 Å². The summed E-state index contributed by atoms with van der Waals surface area (Å²) in [7, 11) is 0. The Balaban J connectivity index is 1.87. The molecule has 3 aromatic rings. The van der Waals surface area contributed by atoms with E-state index >= 15 is 0 Å². The van der Waals surface area contributed by atoms with Crippen LogP contribution in [0.2, 0.25) is 0 Å². The summed E-state index contributed by atoms with van der Waals surface area (Å²) in [6, 6.07) is 16.0. The molecular weight excluding hydrogens is 352 g/mol. The molecule has 1 atom stereocenters. The number of benzene rings is 3. The van der Waals surface area contributed by atoms with Crippen molar-refractivity contribution in [3.8, 4) is 0 Å². The predicted octanol–water partition coefficient (Wildman–Crippen LogP) is 4.57. The highest BCUT2D eigenvalue weighted by Crippen LogP contribution is 2.26. The number of fused-ring (bicyclic) bond motifs is 1. The van der Waals surface area contributed by atoms with Crippen LogP contribution in [0.5, 0.6) is 0 Å². The number of nitro groups is 2. The molecule has 0 bridgehead atoms. The third-order valence-electron chi connectivity index (χ3n) is 4.09. The van der Waals surface area contributed by atoms with E-state index in [1.165, 1.54) is 0 Å². The lowest BCUT2D eigenvalue weighted by molar-refractivity contribution is -0.394. The molecule has 0 aliphatic carbocycles. The zero-order valence-corrected chi connectivity index (χ0v) is 14.2. The van der Waals surface area contributed by atoms with Crippen molar-refractivity contribution in [1.29, 1.82) is 0 Å². The van der Waals surface area contributed by atoms with Crippen molar-refractivity contribution in [2.75, 3.05) is 0 Å². The first kappa shape index (κ1) is 18.0. The Morgan fingerprint density at radius 1 is 0.889 bits per heavy atom. The first-order valence-electron chi connectivity index (χ1n) is 7.98. The molecule has 0 aromatic heterocycles. The van der Waals surface area contributed by atoms with Gasteiger partial charge in [0.1, 0.15) is 6.10 Å². The second-order valence-corrected chi connectivity index (χ2v) is 5.91. The smallest absolute Gasteiger partial charge is 0.339 e. The van der Waals surface area contributed by atoms with Crippen molar-refractivity contribution in [3.63, 3.8) is 0 Å². The van der Waals surface area contributed by atoms with Crippen LogP contribution in [0.15, 0.2) is 60.7 Å². The summed E-state index contributed by atoms with van der Waals surface area (Å²) < 4.78 is 5.36. The highest BCUT2D eigenvalue weighted by atomic mass is 16.6. The number of rotatable bonds is 5. The molecular formula is C19H14N2O6. The molecule has 3 rings (SSSR count). The number of nitrogens with zero attached hydrogens (tertiary/aromatic N) is 2. The summed E-state index contributed by atoms with van der Waals surface area (Å²) in [6.07, 6.45) is -0.638. The van der Waals surface area contributed by atoms with Gasteiger partial charge in [-0.25, -0.2) is 4.79 Å². The zero-order chi connectivity index (χ0) is 19.6. The standard InChI is InChI=1S/C19H14N2O6/c1-12(14-7-6-13-4-2-3-5-15(13)8-14)27-19(22)16-9-17(20(23)24)11-18(10-16)21(25)26/h2-12H,1H3. The quantitative estimate of drug-likeness (QED) is 0.371. The summed E-state index contributed by atoms with van der Waals surface area (Å²) in [5.41, 5.74) is -0.602. The van der Waals surface area contributed by atoms with Gasteiger partial charge in [-0.2, -0.15) is 0 Å². The molecule has 0 N–H and O–H groups in total. The van der Waals surface area contributed by atoms with E-state index in [0.717, 1.165) is 34.5 Å². The Bertz CT molecular complexity index is 1030. The molecule has 0 radical (unpaired) electrons. The summed E-state index contributed by atoms with van der Waals surface area (Å²) in [4.78, 5) is 32.7. The predicted molar refractivity (Wildman–Crippen MR) is 97.5 cm³/mol. The second-order valence-electron chi connectivity index (χ2n) is 5.91. The minimum atomic E-state index is -0.873. The lowest BCUT2D eigenvalue weighted by Gasteiger charge is -2.14. The van der Waals surface area contributed by atoms with Gasteiger partial charge in [0.25, 0.3) is 11.4 Å². The van der Waals surface area contributed by atoms with Crippen LogP contribution < -0.4 is 0 Å². The fourth-order valence-corrected chi connectivity index (χ4v) is 2.68. The number of carbonyl (C=O) groups is 1. The van der Waals surface area contributed by atoms with Gasteiger partial charge in [-0.1, -0.05) is 36.4 Å². The molecule has 0 amide bonds. The molecule has 0 heterocycles. The fraction of sp³-hybridized carbons (Fsp3) is 0.105. The number of non-ortho nitro benzene ring substituents is 2. The first-order chi connectivity index (χ1) is 12.8. The molecule has 8 heteroatoms. The maximum Gasteiger partial charge on any atom is 0.339 e. The maximum atomic E-state index is 12.4. The molecule has 0 saturated heterocycles. The van der Waals surface area contributed by atoms with E-state index < -0.39 is 33.3 Å². The van der Waals surface area contributed by atoms with Crippen molar-refractivity contribution < 1.29 is 19.4 Å². The number of esters is 1. The first-order valence-corrected chi connectivity index (χ1v) is 7.98. The van der Waals surface area contributed by atoms with Gasteiger partial charge in [0.05, 0.1) is 21.5 Å². The molecule has 3 aromatic carbocycles. The third-order valence-corrected chi connectivity index (χ3v) is 4.09. The topological polar surface area (TPSA) is 113 Å². The molecule has 1 unspecified atom stereocenters. The fourth-order valence-electron chi connectivity index (χ4n) is 2.68. The van der Waals surface area contributed by atoms with Crippen LogP contribution >= 0.6 is 0 Å². The van der Waals surface area contributed by atoms with E-state index in [4.69, 9.17) is 4.74 Å². The molecule has 27 heavy (non-hydrogen) atoms. The van der Waals surface area contributed by atoms with Gasteiger partial charge < -0.3 is 4.74 Å². The van der Waals surface area contributed by atoms with Gasteiger partial charge in [0.15, 0.2) is 0 Å². The zero-order valence-electron chi connectivity index (χ0n) is 14.2. The Morgan fingerprint density at radius 3 is 2.07 bits per heavy atom. The minimum absolute atomic E-state index is 0.247. The van der Waals surface area contributed by atoms with E-state index in [2.05, 4.69) is 0 Å². The van der Waals surface area contributed by atoms with Crippen LogP contribution in [0, 0.1) is 20.2 Å². The van der Waals surface area contributed by atoms with E-state index in [9.17, 15) is 25.0 Å². The summed E-state index contributed by atoms with van der Waals surface area (Å²) >= 11 is 0. The molecule has 0 aliphatic rings. The maximum absolute atomic E-state index is 12.4. The minimum Gasteiger partial charge on any atom is -0.454 e. The lowest BCUT2D eigenvalue weighted by Crippen LogP contribution is -2.10. The van der Waals surface area contributed by atoms with E-state index in [1.54, 1.807) is 6.92 Å². The number of hydrogen-bond acceptors (Lipinski definition) is 6. The van der Waals surface area contributed by atoms with Crippen LogP contribution in [0.4, 0.5) is 11.4 Å². The van der Waals surface area contributed by atoms with E-state index in [1.807, 2.05) is 42.5 Å². The van der Waals surface area contributed by atoms with Crippen LogP contribution in [-0.2, 0) is 4.74 Å². The number of nitro benzene ring substituents is 2. The van der Waals surface area contributed by atoms with Crippen LogP contribution in [0.1, 0.15) is 28.9 Å². The molecule has 8 nitrogen and oxygen atoms in total. The number of hydrogen-bond donors (Lipinski definition) is 0. The number of carbonyl (C=O) groups excluding carboxylic acids is 1.